The molecule has 12 heteroatoms. The van der Waals surface area contributed by atoms with Gasteiger partial charge in [0, 0.05) is 0 Å². The summed E-state index contributed by atoms with van der Waals surface area (Å²) in [5.74, 6) is -0.119. The molecule has 2 aromatic heterocycles. The minimum atomic E-state index is -0.0594. The van der Waals surface area contributed by atoms with Crippen molar-refractivity contribution in [1.29, 1.82) is 0 Å². The molecule has 0 unspecified atom stereocenters. The van der Waals surface area contributed by atoms with E-state index in [1.807, 2.05) is 39.8 Å². The third-order valence-electron chi connectivity index (χ3n) is 4.91. The zero-order chi connectivity index (χ0) is 21.7. The Labute approximate surface area is 208 Å². The second-order valence-electron chi connectivity index (χ2n) is 6.84. The molecule has 0 atom stereocenters. The van der Waals surface area contributed by atoms with Gasteiger partial charge in [-0.2, -0.15) is 0 Å². The maximum absolute atomic E-state index is 12.2. The number of amides is 2. The van der Waals surface area contributed by atoms with Crippen LogP contribution >= 0.6 is 47.5 Å². The summed E-state index contributed by atoms with van der Waals surface area (Å²) < 4.78 is 1.90. The maximum Gasteiger partial charge on any atom is 0.240 e. The maximum atomic E-state index is 12.2. The molecule has 0 bridgehead atoms. The van der Waals surface area contributed by atoms with Gasteiger partial charge in [-0.3, -0.25) is 19.4 Å². The number of benzene rings is 1. The van der Waals surface area contributed by atoms with Gasteiger partial charge >= 0.3 is 0 Å². The topological polar surface area (TPSA) is 90.5 Å². The lowest BCUT2D eigenvalue weighted by atomic mass is 10.3. The minimum Gasteiger partial charge on any atom is -0.301 e. The molecule has 2 heterocycles. The second kappa shape index (κ2) is 13.2. The van der Waals surface area contributed by atoms with E-state index in [-0.39, 0.29) is 36.6 Å². The van der Waals surface area contributed by atoms with Crippen LogP contribution in [0.2, 0.25) is 0 Å². The van der Waals surface area contributed by atoms with Crippen molar-refractivity contribution in [2.24, 2.45) is 0 Å². The highest BCUT2D eigenvalue weighted by molar-refractivity contribution is 7.23. The molecule has 0 fully saturated rings. The van der Waals surface area contributed by atoms with Crippen molar-refractivity contribution in [3.8, 4) is 0 Å². The average molecular weight is 522 g/mol. The summed E-state index contributed by atoms with van der Waals surface area (Å²) in [4.78, 5) is 37.7. The fraction of sp³-hybridized carbons (Fsp3) is 0.500. The highest BCUT2D eigenvalue weighted by atomic mass is 35.5. The molecule has 0 aliphatic heterocycles. The summed E-state index contributed by atoms with van der Waals surface area (Å²) in [5.41, 5.74) is 1.63. The van der Waals surface area contributed by atoms with Crippen molar-refractivity contribution in [2.45, 2.75) is 27.7 Å². The van der Waals surface area contributed by atoms with Crippen LogP contribution in [0.1, 0.15) is 27.7 Å². The van der Waals surface area contributed by atoms with E-state index >= 15 is 0 Å². The Morgan fingerprint density at radius 2 is 1.09 bits per heavy atom. The lowest BCUT2D eigenvalue weighted by Gasteiger charge is -2.16. The van der Waals surface area contributed by atoms with E-state index in [4.69, 9.17) is 0 Å². The predicted octanol–water partition coefficient (Wildman–Crippen LogP) is 4.31. The van der Waals surface area contributed by atoms with Gasteiger partial charge in [0.15, 0.2) is 10.3 Å². The number of rotatable bonds is 10. The Balaban J connectivity index is 0.00000256. The zero-order valence-electron chi connectivity index (χ0n) is 18.6. The van der Waals surface area contributed by atoms with Crippen molar-refractivity contribution >= 4 is 90.0 Å². The van der Waals surface area contributed by atoms with Crippen molar-refractivity contribution in [3.63, 3.8) is 0 Å². The monoisotopic (exact) mass is 520 g/mol. The highest BCUT2D eigenvalue weighted by Gasteiger charge is 2.14. The molecular formula is C20H30Cl2N6O2S2. The standard InChI is InChI=1S/C20H28N6O2S2.2ClH/c1-5-25(6-2)11-17(27)23-19-21-13-9-16-14(10-15(13)29-19)22-20(30-16)24-18(28)12-26(7-3)8-4;;/h9-10H,5-8,11-12H2,1-4H3,(H,21,23,27)(H,22,24,28);2*1H. The molecule has 0 aliphatic carbocycles. The van der Waals surface area contributed by atoms with Crippen molar-refractivity contribution in [1.82, 2.24) is 19.8 Å². The van der Waals surface area contributed by atoms with Gasteiger partial charge in [0.2, 0.25) is 11.8 Å². The van der Waals surface area contributed by atoms with Crippen LogP contribution in [0.25, 0.3) is 20.4 Å². The number of fused-ring (bicyclic) bond motifs is 2. The van der Waals surface area contributed by atoms with Gasteiger partial charge in [-0.25, -0.2) is 9.97 Å². The minimum absolute atomic E-state index is 0. The number of carbonyl (C=O) groups is 2. The predicted molar refractivity (Wildman–Crippen MR) is 140 cm³/mol. The number of hydrogen-bond acceptors (Lipinski definition) is 8. The molecule has 0 saturated heterocycles. The van der Waals surface area contributed by atoms with Gasteiger partial charge in [-0.15, -0.1) is 24.8 Å². The van der Waals surface area contributed by atoms with Crippen LogP contribution in [-0.4, -0.2) is 70.9 Å². The van der Waals surface area contributed by atoms with Gasteiger partial charge in [0.25, 0.3) is 0 Å². The van der Waals surface area contributed by atoms with Crippen LogP contribution in [0, 0.1) is 0 Å². The Hall–Kier alpha value is -1.56. The van der Waals surface area contributed by atoms with Gasteiger partial charge in [-0.05, 0) is 38.3 Å². The number of carbonyl (C=O) groups excluding carboxylic acids is 2. The summed E-state index contributed by atoms with van der Waals surface area (Å²) in [6.07, 6.45) is 0. The number of nitrogens with zero attached hydrogens (tertiary/aromatic N) is 4. The van der Waals surface area contributed by atoms with E-state index in [2.05, 4.69) is 30.4 Å². The first kappa shape index (κ1) is 28.5. The van der Waals surface area contributed by atoms with E-state index in [1.165, 1.54) is 22.7 Å². The molecule has 178 valence electrons. The molecule has 2 amide bonds. The summed E-state index contributed by atoms with van der Waals surface area (Å²) in [7, 11) is 0. The normalized spacial score (nSPS) is 10.9. The molecule has 1 aromatic carbocycles. The lowest BCUT2D eigenvalue weighted by Crippen LogP contribution is -2.32. The van der Waals surface area contributed by atoms with Gasteiger partial charge in [0.05, 0.1) is 33.5 Å². The number of nitrogens with one attached hydrogen (secondary N) is 2. The number of hydrogen-bond donors (Lipinski definition) is 2. The number of anilines is 2. The Kier molecular flexibility index (Phi) is 11.8. The molecular weight excluding hydrogens is 491 g/mol. The lowest BCUT2D eigenvalue weighted by molar-refractivity contribution is -0.118. The summed E-state index contributed by atoms with van der Waals surface area (Å²) in [6.45, 7) is 12.2. The molecule has 0 aliphatic rings. The molecule has 0 saturated carbocycles. The molecule has 3 aromatic rings. The van der Waals surface area contributed by atoms with Gasteiger partial charge < -0.3 is 10.6 Å². The van der Waals surface area contributed by atoms with Crippen LogP contribution in [0.3, 0.4) is 0 Å². The van der Waals surface area contributed by atoms with Crippen molar-refractivity contribution in [2.75, 3.05) is 49.9 Å². The smallest absolute Gasteiger partial charge is 0.240 e. The van der Waals surface area contributed by atoms with E-state index in [1.54, 1.807) is 0 Å². The van der Waals surface area contributed by atoms with E-state index in [0.717, 1.165) is 46.6 Å². The Morgan fingerprint density at radius 3 is 1.41 bits per heavy atom. The number of thiazole rings is 2. The first-order valence-corrected chi connectivity index (χ1v) is 11.8. The number of aromatic nitrogens is 2. The SMILES string of the molecule is CCN(CC)CC(=O)Nc1nc2cc3sc(NC(=O)CN(CC)CC)nc3cc2s1.Cl.Cl. The first-order chi connectivity index (χ1) is 14.4. The third kappa shape index (κ3) is 7.23. The Bertz CT molecular complexity index is 905. The Morgan fingerprint density at radius 1 is 0.750 bits per heavy atom. The molecule has 0 spiro atoms. The third-order valence-corrected chi connectivity index (χ3v) is 6.78. The fourth-order valence-electron chi connectivity index (χ4n) is 3.07. The van der Waals surface area contributed by atoms with Crippen LogP contribution < -0.4 is 10.6 Å². The van der Waals surface area contributed by atoms with Crippen molar-refractivity contribution in [3.05, 3.63) is 12.1 Å². The molecule has 3 rings (SSSR count). The zero-order valence-corrected chi connectivity index (χ0v) is 21.9. The molecule has 32 heavy (non-hydrogen) atoms. The molecule has 8 nitrogen and oxygen atoms in total. The van der Waals surface area contributed by atoms with Crippen LogP contribution in [0.4, 0.5) is 10.3 Å². The van der Waals surface area contributed by atoms with Gasteiger partial charge in [-0.1, -0.05) is 50.4 Å². The fourth-order valence-corrected chi connectivity index (χ4v) is 4.87. The highest BCUT2D eigenvalue weighted by Crippen LogP contribution is 2.33. The average Bonchev–Trinajstić information content (AvgIpc) is 3.29. The summed E-state index contributed by atoms with van der Waals surface area (Å²) in [6, 6.07) is 3.91. The second-order valence-corrected chi connectivity index (χ2v) is 8.91. The van der Waals surface area contributed by atoms with Crippen LogP contribution in [0.15, 0.2) is 12.1 Å². The van der Waals surface area contributed by atoms with E-state index in [9.17, 15) is 9.59 Å². The van der Waals surface area contributed by atoms with E-state index in [0.29, 0.717) is 23.4 Å². The largest absolute Gasteiger partial charge is 0.301 e. The van der Waals surface area contributed by atoms with Crippen molar-refractivity contribution < 1.29 is 9.59 Å². The van der Waals surface area contributed by atoms with Crippen LogP contribution in [-0.2, 0) is 9.59 Å². The number of halogens is 2. The first-order valence-electron chi connectivity index (χ1n) is 10.2. The molecule has 2 N–H and O–H groups in total. The van der Waals surface area contributed by atoms with Crippen LogP contribution in [0.5, 0.6) is 0 Å². The summed E-state index contributed by atoms with van der Waals surface area (Å²) >= 11 is 2.86. The number of likely N-dealkylation sites (N-methyl/N-ethyl adjacent to an activating group) is 2. The van der Waals surface area contributed by atoms with E-state index < -0.39 is 0 Å². The van der Waals surface area contributed by atoms with Gasteiger partial charge in [0.1, 0.15) is 0 Å². The summed E-state index contributed by atoms with van der Waals surface area (Å²) in [5, 5.41) is 6.96. The quantitative estimate of drug-likeness (QED) is 0.413. The molecule has 0 radical (unpaired) electrons.